The van der Waals surface area contributed by atoms with E-state index >= 15 is 0 Å². The van der Waals surface area contributed by atoms with Crippen molar-refractivity contribution in [1.82, 2.24) is 14.1 Å². The molecule has 1 saturated heterocycles. The van der Waals surface area contributed by atoms with E-state index in [2.05, 4.69) is 10.4 Å². The minimum absolute atomic E-state index is 0.0164. The van der Waals surface area contributed by atoms with Crippen LogP contribution in [0.3, 0.4) is 0 Å². The molecule has 33 heavy (non-hydrogen) atoms. The second kappa shape index (κ2) is 10.1. The summed E-state index contributed by atoms with van der Waals surface area (Å²) >= 11 is 0. The summed E-state index contributed by atoms with van der Waals surface area (Å²) in [6.07, 6.45) is 2.57. The van der Waals surface area contributed by atoms with Crippen LogP contribution >= 0.6 is 0 Å². The third-order valence-corrected chi connectivity index (χ3v) is 7.42. The summed E-state index contributed by atoms with van der Waals surface area (Å²) in [5.74, 6) is -0.367. The Bertz CT molecular complexity index is 1260. The van der Waals surface area contributed by atoms with Gasteiger partial charge in [0.15, 0.2) is 0 Å². The first-order valence-corrected chi connectivity index (χ1v) is 12.2. The third-order valence-electron chi connectivity index (χ3n) is 5.50. The summed E-state index contributed by atoms with van der Waals surface area (Å²) in [5, 5.41) is 15.9. The van der Waals surface area contributed by atoms with Crippen molar-refractivity contribution in [2.24, 2.45) is 0 Å². The molecule has 1 aromatic carbocycles. The van der Waals surface area contributed by atoms with Gasteiger partial charge in [-0.15, -0.1) is 0 Å². The van der Waals surface area contributed by atoms with E-state index in [1.54, 1.807) is 20.8 Å². The number of piperidine rings is 1. The first kappa shape index (κ1) is 24.4. The monoisotopic (exact) mass is 473 g/mol. The van der Waals surface area contributed by atoms with Crippen LogP contribution in [0.2, 0.25) is 0 Å². The van der Waals surface area contributed by atoms with Gasteiger partial charge >= 0.3 is 0 Å². The van der Waals surface area contributed by atoms with E-state index in [0.29, 0.717) is 24.3 Å². The van der Waals surface area contributed by atoms with Crippen LogP contribution in [-0.4, -0.2) is 48.1 Å². The Morgan fingerprint density at radius 3 is 2.58 bits per heavy atom. The molecule has 1 amide bonds. The van der Waals surface area contributed by atoms with Gasteiger partial charge in [0, 0.05) is 18.8 Å². The van der Waals surface area contributed by atoms with Gasteiger partial charge in [0.1, 0.15) is 28.8 Å². The molecule has 2 heterocycles. The second-order valence-electron chi connectivity index (χ2n) is 7.77. The van der Waals surface area contributed by atoms with Crippen LogP contribution in [0.4, 0.5) is 5.69 Å². The number of sulfonamides is 1. The minimum atomic E-state index is -3.80. The number of carbonyl (C=O) groups is 1. The minimum Gasteiger partial charge on any atom is -0.492 e. The lowest BCUT2D eigenvalue weighted by atomic mass is 10.1. The number of nitriles is 1. The maximum absolute atomic E-state index is 13.2. The Kier molecular flexibility index (Phi) is 7.50. The maximum atomic E-state index is 13.2. The Balaban J connectivity index is 1.88. The third kappa shape index (κ3) is 5.23. The van der Waals surface area contributed by atoms with E-state index in [4.69, 9.17) is 4.74 Å². The fraction of sp³-hybridized carbons (Fsp3) is 0.455. The molecule has 0 aliphatic carbocycles. The number of ether oxygens (including phenoxy) is 1. The number of nitrogens with one attached hydrogen (secondary N) is 1. The van der Waals surface area contributed by atoms with Crippen LogP contribution in [0.25, 0.3) is 0 Å². The molecule has 1 fully saturated rings. The molecule has 0 bridgehead atoms. The molecule has 1 aliphatic rings. The Labute approximate surface area is 192 Å². The first-order chi connectivity index (χ1) is 15.7. The molecule has 0 radical (unpaired) electrons. The fourth-order valence-electron chi connectivity index (χ4n) is 3.65. The molecule has 0 spiro atoms. The van der Waals surface area contributed by atoms with E-state index in [-0.39, 0.29) is 28.5 Å². The van der Waals surface area contributed by atoms with Crippen molar-refractivity contribution in [1.29, 1.82) is 5.26 Å². The number of benzene rings is 1. The van der Waals surface area contributed by atoms with E-state index in [9.17, 15) is 23.3 Å². The zero-order valence-electron chi connectivity index (χ0n) is 18.9. The van der Waals surface area contributed by atoms with Crippen LogP contribution in [0.15, 0.2) is 27.9 Å². The lowest BCUT2D eigenvalue weighted by Gasteiger charge is -2.27. The van der Waals surface area contributed by atoms with Gasteiger partial charge < -0.3 is 10.1 Å². The summed E-state index contributed by atoms with van der Waals surface area (Å²) in [7, 11) is -3.80. The highest BCUT2D eigenvalue weighted by Gasteiger charge is 2.29. The van der Waals surface area contributed by atoms with Crippen molar-refractivity contribution in [2.45, 2.75) is 51.5 Å². The van der Waals surface area contributed by atoms with Crippen molar-refractivity contribution >= 4 is 21.6 Å². The molecule has 176 valence electrons. The summed E-state index contributed by atoms with van der Waals surface area (Å²) in [5.41, 5.74) is 0.465. The molecule has 2 aromatic rings. The number of aryl methyl sites for hydroxylation is 1. The number of anilines is 1. The molecule has 10 nitrogen and oxygen atoms in total. The lowest BCUT2D eigenvalue weighted by Crippen LogP contribution is -2.36. The first-order valence-electron chi connectivity index (χ1n) is 10.7. The van der Waals surface area contributed by atoms with Gasteiger partial charge in [-0.3, -0.25) is 9.59 Å². The number of rotatable bonds is 7. The number of carbonyl (C=O) groups excluding carboxylic acids is 1. The van der Waals surface area contributed by atoms with Crippen LogP contribution in [0.5, 0.6) is 5.75 Å². The zero-order chi connectivity index (χ0) is 24.2. The van der Waals surface area contributed by atoms with Crippen LogP contribution in [0, 0.1) is 25.2 Å². The molecule has 0 atom stereocenters. The van der Waals surface area contributed by atoms with Gasteiger partial charge in [0.2, 0.25) is 15.9 Å². The van der Waals surface area contributed by atoms with Crippen LogP contribution < -0.4 is 15.6 Å². The number of hydrogen-bond donors (Lipinski definition) is 1. The molecular formula is C22H27N5O5S. The van der Waals surface area contributed by atoms with Crippen molar-refractivity contribution in [3.05, 3.63) is 45.4 Å². The zero-order valence-corrected chi connectivity index (χ0v) is 19.7. The van der Waals surface area contributed by atoms with Crippen molar-refractivity contribution in [2.75, 3.05) is 25.0 Å². The van der Waals surface area contributed by atoms with E-state index in [0.717, 1.165) is 23.9 Å². The highest BCUT2D eigenvalue weighted by atomic mass is 32.2. The molecule has 1 N–H and O–H groups in total. The average molecular weight is 474 g/mol. The molecular weight excluding hydrogens is 446 g/mol. The van der Waals surface area contributed by atoms with Crippen molar-refractivity contribution in [3.8, 4) is 11.8 Å². The summed E-state index contributed by atoms with van der Waals surface area (Å²) in [6, 6.07) is 6.26. The summed E-state index contributed by atoms with van der Waals surface area (Å²) < 4.78 is 34.4. The van der Waals surface area contributed by atoms with Gasteiger partial charge in [-0.25, -0.2) is 13.1 Å². The fourth-order valence-corrected chi connectivity index (χ4v) is 5.33. The standard InChI is InChI=1S/C22H27N5O5S/c1-4-32-19-9-8-17(12-20(19)33(30,31)26-10-6-5-7-11-26)24-21(28)14-27-22(29)18(13-23)15(2)16(3)25-27/h8-9,12H,4-7,10-11,14H2,1-3H3,(H,24,28). The van der Waals surface area contributed by atoms with Gasteiger partial charge in [-0.05, 0) is 57.4 Å². The SMILES string of the molecule is CCOc1ccc(NC(=O)Cn2nc(C)c(C)c(C#N)c2=O)cc1S(=O)(=O)N1CCCCC1. The molecule has 3 rings (SSSR count). The van der Waals surface area contributed by atoms with Gasteiger partial charge in [-0.1, -0.05) is 6.42 Å². The Morgan fingerprint density at radius 1 is 1.24 bits per heavy atom. The van der Waals surface area contributed by atoms with E-state index in [1.807, 2.05) is 6.07 Å². The molecule has 0 unspecified atom stereocenters. The number of amides is 1. The van der Waals surface area contributed by atoms with Gasteiger partial charge in [0.05, 0.1) is 12.3 Å². The molecule has 1 aromatic heterocycles. The quantitative estimate of drug-likeness (QED) is 0.649. The average Bonchev–Trinajstić information content (AvgIpc) is 2.79. The van der Waals surface area contributed by atoms with E-state index < -0.39 is 28.0 Å². The summed E-state index contributed by atoms with van der Waals surface area (Å²) in [4.78, 5) is 25.0. The van der Waals surface area contributed by atoms with Crippen molar-refractivity contribution in [3.63, 3.8) is 0 Å². The summed E-state index contributed by atoms with van der Waals surface area (Å²) in [6.45, 7) is 5.77. The number of nitrogens with zero attached hydrogens (tertiary/aromatic N) is 4. The predicted octanol–water partition coefficient (Wildman–Crippen LogP) is 1.94. The molecule has 0 saturated carbocycles. The van der Waals surface area contributed by atoms with Gasteiger partial charge in [-0.2, -0.15) is 14.7 Å². The van der Waals surface area contributed by atoms with Crippen molar-refractivity contribution < 1.29 is 17.9 Å². The highest BCUT2D eigenvalue weighted by Crippen LogP contribution is 2.31. The van der Waals surface area contributed by atoms with Crippen LogP contribution in [0.1, 0.15) is 43.0 Å². The van der Waals surface area contributed by atoms with E-state index in [1.165, 1.54) is 22.5 Å². The highest BCUT2D eigenvalue weighted by molar-refractivity contribution is 7.89. The lowest BCUT2D eigenvalue weighted by molar-refractivity contribution is -0.117. The largest absolute Gasteiger partial charge is 0.492 e. The van der Waals surface area contributed by atoms with Crippen LogP contribution in [-0.2, 0) is 21.4 Å². The normalized spacial score (nSPS) is 14.5. The number of hydrogen-bond acceptors (Lipinski definition) is 7. The molecule has 11 heteroatoms. The molecule has 1 aliphatic heterocycles. The number of aromatic nitrogens is 2. The second-order valence-corrected chi connectivity index (χ2v) is 9.67. The van der Waals surface area contributed by atoms with Gasteiger partial charge in [0.25, 0.3) is 5.56 Å². The smallest absolute Gasteiger partial charge is 0.285 e. The predicted molar refractivity (Wildman–Crippen MR) is 122 cm³/mol. The Hall–Kier alpha value is -3.23. The maximum Gasteiger partial charge on any atom is 0.285 e. The topological polar surface area (TPSA) is 134 Å². The Morgan fingerprint density at radius 2 is 1.94 bits per heavy atom.